The second-order valence-corrected chi connectivity index (χ2v) is 3.75. The third-order valence-corrected chi connectivity index (χ3v) is 2.22. The maximum atomic E-state index is 12.8. The fourth-order valence-corrected chi connectivity index (χ4v) is 1.22. The Labute approximate surface area is 112 Å². The zero-order valence-electron chi connectivity index (χ0n) is 10.5. The molecule has 1 amide bonds. The van der Waals surface area contributed by atoms with Gasteiger partial charge in [-0.1, -0.05) is 6.07 Å². The smallest absolute Gasteiger partial charge is 0.383 e. The molecule has 1 N–H and O–H groups in total. The van der Waals surface area contributed by atoms with Gasteiger partial charge in [-0.2, -0.15) is 8.78 Å². The summed E-state index contributed by atoms with van der Waals surface area (Å²) in [5, 5.41) is 1.71. The molecule has 4 nitrogen and oxygen atoms in total. The van der Waals surface area contributed by atoms with Crippen LogP contribution in [0.25, 0.3) is 0 Å². The molecule has 0 saturated carbocycles. The molecule has 0 heterocycles. The molecule has 0 aliphatic carbocycles. The van der Waals surface area contributed by atoms with Gasteiger partial charge in [-0.25, -0.2) is 8.78 Å². The van der Waals surface area contributed by atoms with Crippen LogP contribution in [0.4, 0.5) is 23.2 Å². The highest BCUT2D eigenvalue weighted by Gasteiger charge is 2.48. The molecule has 8 heteroatoms. The van der Waals surface area contributed by atoms with Crippen molar-refractivity contribution in [3.05, 3.63) is 24.3 Å². The average molecular weight is 295 g/mol. The number of alkyl halides is 4. The second kappa shape index (κ2) is 7.09. The number of nitrogens with one attached hydrogen (secondary N) is 1. The van der Waals surface area contributed by atoms with E-state index in [1.807, 2.05) is 0 Å². The summed E-state index contributed by atoms with van der Waals surface area (Å²) >= 11 is 0. The summed E-state index contributed by atoms with van der Waals surface area (Å²) in [4.78, 5) is 11.0. The molecule has 1 rings (SSSR count). The Balaban J connectivity index is 2.68. The van der Waals surface area contributed by atoms with Gasteiger partial charge in [0.2, 0.25) is 0 Å². The number of halogens is 4. The van der Waals surface area contributed by atoms with E-state index < -0.39 is 18.3 Å². The molecule has 0 unspecified atom stereocenters. The fraction of sp³-hybridized carbons (Fsp3) is 0.417. The first kappa shape index (κ1) is 16.2. The molecule has 112 valence electrons. The maximum absolute atomic E-state index is 12.8. The molecule has 0 bridgehead atoms. The summed E-state index contributed by atoms with van der Waals surface area (Å²) < 4.78 is 59.5. The summed E-state index contributed by atoms with van der Waals surface area (Å²) in [7, 11) is 1.48. The largest absolute Gasteiger partial charge is 0.491 e. The van der Waals surface area contributed by atoms with Crippen molar-refractivity contribution in [1.82, 2.24) is 0 Å². The maximum Gasteiger partial charge on any atom is 0.383 e. The van der Waals surface area contributed by atoms with Crippen molar-refractivity contribution >= 4 is 11.6 Å². The van der Waals surface area contributed by atoms with E-state index in [1.165, 1.54) is 31.4 Å². The van der Waals surface area contributed by atoms with Gasteiger partial charge in [-0.05, 0) is 12.1 Å². The molecule has 1 aromatic carbocycles. The van der Waals surface area contributed by atoms with Crippen LogP contribution >= 0.6 is 0 Å². The third-order valence-electron chi connectivity index (χ3n) is 2.22. The van der Waals surface area contributed by atoms with Gasteiger partial charge in [-0.3, -0.25) is 4.79 Å². The minimum absolute atomic E-state index is 0.0646. The summed E-state index contributed by atoms with van der Waals surface area (Å²) in [6.45, 7) is 0.543. The van der Waals surface area contributed by atoms with Gasteiger partial charge >= 0.3 is 18.3 Å². The quantitative estimate of drug-likeness (QED) is 0.621. The lowest BCUT2D eigenvalue weighted by Gasteiger charge is -2.15. The van der Waals surface area contributed by atoms with E-state index >= 15 is 0 Å². The molecule has 0 spiro atoms. The van der Waals surface area contributed by atoms with Crippen molar-refractivity contribution < 1.29 is 31.8 Å². The Bertz CT molecular complexity index is 454. The van der Waals surface area contributed by atoms with Gasteiger partial charge < -0.3 is 14.8 Å². The highest BCUT2D eigenvalue weighted by Crippen LogP contribution is 2.25. The average Bonchev–Trinajstić information content (AvgIpc) is 2.39. The molecular weight excluding hydrogens is 282 g/mol. The normalized spacial score (nSPS) is 11.5. The molecule has 0 aliphatic rings. The Hall–Kier alpha value is -1.83. The number of amides is 1. The van der Waals surface area contributed by atoms with Crippen LogP contribution in [0.1, 0.15) is 0 Å². The Morgan fingerprint density at radius 2 is 2.05 bits per heavy atom. The second-order valence-electron chi connectivity index (χ2n) is 3.75. The first-order chi connectivity index (χ1) is 9.37. The molecule has 0 aliphatic heterocycles. The summed E-state index contributed by atoms with van der Waals surface area (Å²) in [5.74, 6) is -6.52. The Morgan fingerprint density at radius 1 is 1.35 bits per heavy atom. The van der Waals surface area contributed by atoms with E-state index in [2.05, 4.69) is 0 Å². The van der Waals surface area contributed by atoms with Crippen LogP contribution in [-0.2, 0) is 9.53 Å². The van der Waals surface area contributed by atoms with Crippen LogP contribution in [0.3, 0.4) is 0 Å². The van der Waals surface area contributed by atoms with Gasteiger partial charge in [-0.15, -0.1) is 0 Å². The molecule has 20 heavy (non-hydrogen) atoms. The highest BCUT2D eigenvalue weighted by molar-refractivity contribution is 5.96. The van der Waals surface area contributed by atoms with Gasteiger partial charge in [0.25, 0.3) is 0 Å². The lowest BCUT2D eigenvalue weighted by Crippen LogP contribution is -2.40. The lowest BCUT2D eigenvalue weighted by atomic mass is 10.2. The first-order valence-corrected chi connectivity index (χ1v) is 5.57. The van der Waals surface area contributed by atoms with Gasteiger partial charge in [0, 0.05) is 18.9 Å². The molecule has 0 fully saturated rings. The summed E-state index contributed by atoms with van der Waals surface area (Å²) in [5.41, 5.74) is -0.0646. The number of benzene rings is 1. The van der Waals surface area contributed by atoms with Gasteiger partial charge in [0.15, 0.2) is 0 Å². The van der Waals surface area contributed by atoms with E-state index in [-0.39, 0.29) is 12.3 Å². The number of hydrogen-bond acceptors (Lipinski definition) is 3. The standard InChI is InChI=1S/C12H13F4NO3/c1-19-5-6-20-9-4-2-3-8(7-9)17-11(18)12(15,16)10(13)14/h2-4,7,10H,5-6H2,1H3,(H,17,18). The predicted octanol–water partition coefficient (Wildman–Crippen LogP) is 2.55. The minimum atomic E-state index is -4.74. The van der Waals surface area contributed by atoms with Crippen molar-refractivity contribution in [3.63, 3.8) is 0 Å². The fourth-order valence-electron chi connectivity index (χ4n) is 1.22. The van der Waals surface area contributed by atoms with Gasteiger partial charge in [0.05, 0.1) is 6.61 Å². The van der Waals surface area contributed by atoms with Crippen LogP contribution < -0.4 is 10.1 Å². The van der Waals surface area contributed by atoms with E-state index in [1.54, 1.807) is 5.32 Å². The van der Waals surface area contributed by atoms with E-state index in [0.717, 1.165) is 0 Å². The summed E-state index contributed by atoms with van der Waals surface area (Å²) in [6.07, 6.45) is -4.07. The van der Waals surface area contributed by atoms with Crippen LogP contribution in [0.5, 0.6) is 5.75 Å². The van der Waals surface area contributed by atoms with Crippen molar-refractivity contribution in [3.8, 4) is 5.75 Å². The number of hydrogen-bond donors (Lipinski definition) is 1. The third kappa shape index (κ3) is 4.37. The topological polar surface area (TPSA) is 47.6 Å². The van der Waals surface area contributed by atoms with Crippen molar-refractivity contribution in [1.29, 1.82) is 0 Å². The van der Waals surface area contributed by atoms with Crippen molar-refractivity contribution in [2.24, 2.45) is 0 Å². The highest BCUT2D eigenvalue weighted by atomic mass is 19.3. The predicted molar refractivity (Wildman–Crippen MR) is 63.4 cm³/mol. The van der Waals surface area contributed by atoms with Crippen LogP contribution in [0, 0.1) is 0 Å². The number of methoxy groups -OCH3 is 1. The zero-order chi connectivity index (χ0) is 15.2. The number of carbonyl (C=O) groups excluding carboxylic acids is 1. The van der Waals surface area contributed by atoms with E-state index in [4.69, 9.17) is 9.47 Å². The zero-order valence-corrected chi connectivity index (χ0v) is 10.5. The van der Waals surface area contributed by atoms with E-state index in [0.29, 0.717) is 12.4 Å². The number of rotatable bonds is 7. The van der Waals surface area contributed by atoms with Crippen LogP contribution in [-0.4, -0.2) is 38.6 Å². The Kier molecular flexibility index (Phi) is 5.75. The number of carbonyl (C=O) groups is 1. The molecule has 0 radical (unpaired) electrons. The SMILES string of the molecule is COCCOc1cccc(NC(=O)C(F)(F)C(F)F)c1. The van der Waals surface area contributed by atoms with Crippen LogP contribution in [0.2, 0.25) is 0 Å². The van der Waals surface area contributed by atoms with Crippen molar-refractivity contribution in [2.75, 3.05) is 25.6 Å². The molecule has 1 aromatic rings. The van der Waals surface area contributed by atoms with Crippen LogP contribution in [0.15, 0.2) is 24.3 Å². The molecule has 0 atom stereocenters. The first-order valence-electron chi connectivity index (χ1n) is 5.57. The minimum Gasteiger partial charge on any atom is -0.491 e. The summed E-state index contributed by atoms with van der Waals surface area (Å²) in [6, 6.07) is 5.48. The monoisotopic (exact) mass is 295 g/mol. The lowest BCUT2D eigenvalue weighted by molar-refractivity contribution is -0.163. The van der Waals surface area contributed by atoms with Crippen molar-refractivity contribution in [2.45, 2.75) is 12.3 Å². The number of ether oxygens (including phenoxy) is 2. The molecular formula is C12H13F4NO3. The molecule has 0 saturated heterocycles. The van der Waals surface area contributed by atoms with Gasteiger partial charge in [0.1, 0.15) is 12.4 Å². The number of anilines is 1. The Morgan fingerprint density at radius 3 is 2.65 bits per heavy atom. The van der Waals surface area contributed by atoms with E-state index in [9.17, 15) is 22.4 Å². The molecule has 0 aromatic heterocycles.